The summed E-state index contributed by atoms with van der Waals surface area (Å²) < 4.78 is 4.84. The molecule has 0 aliphatic carbocycles. The van der Waals surface area contributed by atoms with Crippen molar-refractivity contribution in [3.05, 3.63) is 43.5 Å². The standard InChI is InChI=1S/C13H9I2N/c1-16-12-6-8(14)2-4-10(12)11-5-3-9(15)7-13(11)16/h2-7H,1H3. The maximum absolute atomic E-state index is 2.36. The zero-order valence-corrected chi connectivity index (χ0v) is 13.0. The summed E-state index contributed by atoms with van der Waals surface area (Å²) in [6.07, 6.45) is 0. The van der Waals surface area contributed by atoms with Crippen LogP contribution in [0.1, 0.15) is 0 Å². The Bertz CT molecular complexity index is 639. The molecule has 0 unspecified atom stereocenters. The first-order valence-corrected chi connectivity index (χ1v) is 7.16. The third-order valence-electron chi connectivity index (χ3n) is 2.93. The molecule has 16 heavy (non-hydrogen) atoms. The molecule has 0 saturated carbocycles. The van der Waals surface area contributed by atoms with E-state index in [9.17, 15) is 0 Å². The molecule has 2 aromatic carbocycles. The van der Waals surface area contributed by atoms with Crippen molar-refractivity contribution in [2.75, 3.05) is 0 Å². The lowest BCUT2D eigenvalue weighted by Gasteiger charge is -1.98. The van der Waals surface area contributed by atoms with E-state index >= 15 is 0 Å². The summed E-state index contributed by atoms with van der Waals surface area (Å²) in [6.45, 7) is 0. The maximum Gasteiger partial charge on any atom is 0.0499 e. The molecule has 1 aromatic heterocycles. The summed E-state index contributed by atoms with van der Waals surface area (Å²) >= 11 is 4.72. The Kier molecular flexibility index (Phi) is 2.62. The smallest absolute Gasteiger partial charge is 0.0499 e. The summed E-state index contributed by atoms with van der Waals surface area (Å²) in [5.41, 5.74) is 2.62. The first kappa shape index (κ1) is 10.8. The van der Waals surface area contributed by atoms with Gasteiger partial charge in [-0.2, -0.15) is 0 Å². The number of rotatable bonds is 0. The lowest BCUT2D eigenvalue weighted by molar-refractivity contribution is 1.01. The molecule has 0 saturated heterocycles. The van der Waals surface area contributed by atoms with Gasteiger partial charge in [0.25, 0.3) is 0 Å². The fraction of sp³-hybridized carbons (Fsp3) is 0.0769. The SMILES string of the molecule is Cn1c2cc(I)ccc2c2ccc(I)cc21. The summed E-state index contributed by atoms with van der Waals surface area (Å²) in [4.78, 5) is 0. The van der Waals surface area contributed by atoms with Crippen molar-refractivity contribution < 1.29 is 0 Å². The molecule has 3 aromatic rings. The number of benzene rings is 2. The average molecular weight is 433 g/mol. The maximum atomic E-state index is 2.36. The Morgan fingerprint density at radius 3 is 1.69 bits per heavy atom. The van der Waals surface area contributed by atoms with Crippen LogP contribution in [-0.4, -0.2) is 4.57 Å². The van der Waals surface area contributed by atoms with Gasteiger partial charge in [-0.05, 0) is 69.4 Å². The largest absolute Gasteiger partial charge is 0.344 e. The van der Waals surface area contributed by atoms with Gasteiger partial charge in [-0.15, -0.1) is 0 Å². The molecule has 0 atom stereocenters. The molecule has 0 amide bonds. The second-order valence-corrected chi connectivity index (χ2v) is 6.37. The Hall–Kier alpha value is -0.300. The van der Waals surface area contributed by atoms with Gasteiger partial charge in [-0.3, -0.25) is 0 Å². The van der Waals surface area contributed by atoms with Crippen molar-refractivity contribution in [2.45, 2.75) is 0 Å². The topological polar surface area (TPSA) is 4.93 Å². The van der Waals surface area contributed by atoms with E-state index in [1.54, 1.807) is 0 Å². The van der Waals surface area contributed by atoms with Crippen molar-refractivity contribution in [3.8, 4) is 0 Å². The van der Waals surface area contributed by atoms with Crippen molar-refractivity contribution >= 4 is 67.0 Å². The molecule has 1 nitrogen and oxygen atoms in total. The molecule has 0 N–H and O–H groups in total. The number of hydrogen-bond donors (Lipinski definition) is 0. The van der Waals surface area contributed by atoms with E-state index in [2.05, 4.69) is 93.2 Å². The number of fused-ring (bicyclic) bond motifs is 3. The second-order valence-electron chi connectivity index (χ2n) is 3.88. The zero-order valence-electron chi connectivity index (χ0n) is 8.67. The van der Waals surface area contributed by atoms with Crippen molar-refractivity contribution in [3.63, 3.8) is 0 Å². The van der Waals surface area contributed by atoms with Crippen LogP contribution >= 0.6 is 45.2 Å². The third-order valence-corrected chi connectivity index (χ3v) is 4.27. The van der Waals surface area contributed by atoms with Crippen LogP contribution < -0.4 is 0 Å². The van der Waals surface area contributed by atoms with Crippen molar-refractivity contribution in [1.82, 2.24) is 4.57 Å². The highest BCUT2D eigenvalue weighted by Crippen LogP contribution is 2.30. The molecular formula is C13H9I2N. The minimum atomic E-state index is 1.28. The first-order chi connectivity index (χ1) is 7.66. The number of halogens is 2. The normalized spacial score (nSPS) is 11.4. The van der Waals surface area contributed by atoms with E-state index in [1.807, 2.05) is 0 Å². The summed E-state index contributed by atoms with van der Waals surface area (Å²) in [5.74, 6) is 0. The molecular weight excluding hydrogens is 424 g/mol. The van der Waals surface area contributed by atoms with Gasteiger partial charge in [-0.25, -0.2) is 0 Å². The Morgan fingerprint density at radius 2 is 1.25 bits per heavy atom. The van der Waals surface area contributed by atoms with Crippen LogP contribution in [0.25, 0.3) is 21.8 Å². The predicted octanol–water partition coefficient (Wildman–Crippen LogP) is 4.54. The predicted molar refractivity (Wildman–Crippen MR) is 85.9 cm³/mol. The molecule has 0 aliphatic rings. The van der Waals surface area contributed by atoms with E-state index in [0.29, 0.717) is 0 Å². The summed E-state index contributed by atoms with van der Waals surface area (Å²) in [7, 11) is 2.14. The molecule has 0 spiro atoms. The Labute approximate surface area is 121 Å². The highest BCUT2D eigenvalue weighted by atomic mass is 127. The molecule has 0 radical (unpaired) electrons. The molecule has 0 bridgehead atoms. The van der Waals surface area contributed by atoms with E-state index in [0.717, 1.165) is 0 Å². The van der Waals surface area contributed by atoms with Crippen LogP contribution in [0.15, 0.2) is 36.4 Å². The van der Waals surface area contributed by atoms with E-state index < -0.39 is 0 Å². The van der Waals surface area contributed by atoms with Crippen LogP contribution in [0.3, 0.4) is 0 Å². The highest BCUT2D eigenvalue weighted by molar-refractivity contribution is 14.1. The minimum absolute atomic E-state index is 1.28. The monoisotopic (exact) mass is 433 g/mol. The fourth-order valence-electron chi connectivity index (χ4n) is 2.15. The quantitative estimate of drug-likeness (QED) is 0.459. The molecule has 3 rings (SSSR count). The molecule has 3 heteroatoms. The second kappa shape index (κ2) is 3.87. The van der Waals surface area contributed by atoms with Gasteiger partial charge in [0, 0.05) is 36.0 Å². The molecule has 0 aliphatic heterocycles. The van der Waals surface area contributed by atoms with Crippen molar-refractivity contribution in [2.24, 2.45) is 7.05 Å². The van der Waals surface area contributed by atoms with Gasteiger partial charge in [0.2, 0.25) is 0 Å². The first-order valence-electron chi connectivity index (χ1n) is 5.00. The van der Waals surface area contributed by atoms with Gasteiger partial charge < -0.3 is 4.57 Å². The van der Waals surface area contributed by atoms with E-state index in [-0.39, 0.29) is 0 Å². The number of aromatic nitrogens is 1. The van der Waals surface area contributed by atoms with Gasteiger partial charge in [-0.1, -0.05) is 12.1 Å². The third kappa shape index (κ3) is 1.55. The minimum Gasteiger partial charge on any atom is -0.344 e. The summed E-state index contributed by atoms with van der Waals surface area (Å²) in [5, 5.41) is 2.68. The van der Waals surface area contributed by atoms with Crippen LogP contribution in [0.5, 0.6) is 0 Å². The van der Waals surface area contributed by atoms with Gasteiger partial charge in [0.05, 0.1) is 0 Å². The van der Waals surface area contributed by atoms with Crippen LogP contribution in [0.2, 0.25) is 0 Å². The Balaban J connectivity index is 2.59. The lowest BCUT2D eigenvalue weighted by atomic mass is 10.2. The lowest BCUT2D eigenvalue weighted by Crippen LogP contribution is -1.86. The van der Waals surface area contributed by atoms with Crippen LogP contribution in [0.4, 0.5) is 0 Å². The van der Waals surface area contributed by atoms with Crippen LogP contribution in [0, 0.1) is 7.14 Å². The number of hydrogen-bond acceptors (Lipinski definition) is 0. The van der Waals surface area contributed by atoms with Crippen molar-refractivity contribution in [1.29, 1.82) is 0 Å². The highest BCUT2D eigenvalue weighted by Gasteiger charge is 2.08. The van der Waals surface area contributed by atoms with Gasteiger partial charge in [0.1, 0.15) is 0 Å². The van der Waals surface area contributed by atoms with E-state index in [4.69, 9.17) is 0 Å². The molecule has 0 fully saturated rings. The number of aryl methyl sites for hydroxylation is 1. The number of nitrogens with zero attached hydrogens (tertiary/aromatic N) is 1. The molecule has 1 heterocycles. The summed E-state index contributed by atoms with van der Waals surface area (Å²) in [6, 6.07) is 13.2. The van der Waals surface area contributed by atoms with Gasteiger partial charge >= 0.3 is 0 Å². The average Bonchev–Trinajstić information content (AvgIpc) is 2.53. The van der Waals surface area contributed by atoms with Crippen LogP contribution in [-0.2, 0) is 7.05 Å². The zero-order chi connectivity index (χ0) is 11.3. The molecule has 80 valence electrons. The van der Waals surface area contributed by atoms with Gasteiger partial charge in [0.15, 0.2) is 0 Å². The fourth-order valence-corrected chi connectivity index (χ4v) is 3.10. The van der Waals surface area contributed by atoms with E-state index in [1.165, 1.54) is 28.9 Å². The Morgan fingerprint density at radius 1 is 0.812 bits per heavy atom.